The first-order valence-corrected chi connectivity index (χ1v) is 10.1. The molecule has 0 spiro atoms. The number of carboxylic acids is 2. The summed E-state index contributed by atoms with van der Waals surface area (Å²) in [4.78, 5) is 47.9. The van der Waals surface area contributed by atoms with Crippen LogP contribution in [0.1, 0.15) is 32.1 Å². The van der Waals surface area contributed by atoms with Gasteiger partial charge in [0.25, 0.3) is 0 Å². The van der Waals surface area contributed by atoms with Gasteiger partial charge >= 0.3 is 11.9 Å². The molecule has 0 radical (unpaired) electrons. The van der Waals surface area contributed by atoms with Crippen molar-refractivity contribution >= 4 is 23.5 Å². The van der Waals surface area contributed by atoms with Crippen LogP contribution in [0.2, 0.25) is 0 Å². The van der Waals surface area contributed by atoms with E-state index in [1.54, 1.807) is 36.5 Å². The zero-order valence-corrected chi connectivity index (χ0v) is 17.1. The molecule has 0 aromatic carbocycles. The molecule has 5 unspecified atom stereocenters. The molecule has 0 saturated carbocycles. The Morgan fingerprint density at radius 3 is 1.74 bits per heavy atom. The lowest BCUT2D eigenvalue weighted by Gasteiger charge is -2.25. The van der Waals surface area contributed by atoms with Crippen LogP contribution in [0.15, 0.2) is 47.6 Å². The summed E-state index contributed by atoms with van der Waals surface area (Å²) in [5, 5.41) is 18.1. The monoisotopic (exact) mass is 431 g/mol. The van der Waals surface area contributed by atoms with Gasteiger partial charge in [0.2, 0.25) is 0 Å². The van der Waals surface area contributed by atoms with Crippen molar-refractivity contribution in [1.82, 2.24) is 0 Å². The Kier molecular flexibility index (Phi) is 8.61. The quantitative estimate of drug-likeness (QED) is 0.289. The lowest BCUT2D eigenvalue weighted by atomic mass is 9.80. The zero-order chi connectivity index (χ0) is 23.1. The number of aliphatic carboxylic acids is 2. The molecule has 2 rings (SSSR count). The molecule has 0 saturated heterocycles. The molecule has 8 N–H and O–H groups in total. The summed E-state index contributed by atoms with van der Waals surface area (Å²) in [6, 6.07) is -3.35. The van der Waals surface area contributed by atoms with Crippen molar-refractivity contribution in [2.45, 2.75) is 50.2 Å². The van der Waals surface area contributed by atoms with Gasteiger partial charge in [0, 0.05) is 6.42 Å². The van der Waals surface area contributed by atoms with Gasteiger partial charge in [-0.1, -0.05) is 47.6 Å². The van der Waals surface area contributed by atoms with Crippen LogP contribution < -0.4 is 17.2 Å². The number of carbonyl (C=O) groups excluding carboxylic acids is 2. The molecule has 0 fully saturated rings. The zero-order valence-electron chi connectivity index (χ0n) is 17.1. The third kappa shape index (κ3) is 6.55. The highest BCUT2D eigenvalue weighted by molar-refractivity contribution is 5.96. The summed E-state index contributed by atoms with van der Waals surface area (Å²) in [7, 11) is 0. The molecule has 168 valence electrons. The SMILES string of the molecule is NC(CC1=CCC=CC1C(=O)CC(N)C(=O)C1C=CCC=C1CC(N)C(=O)O)C(=O)O. The second-order valence-corrected chi connectivity index (χ2v) is 7.82. The van der Waals surface area contributed by atoms with Gasteiger partial charge in [-0.25, -0.2) is 0 Å². The average Bonchev–Trinajstić information content (AvgIpc) is 2.73. The average molecular weight is 431 g/mol. The van der Waals surface area contributed by atoms with E-state index in [9.17, 15) is 19.2 Å². The van der Waals surface area contributed by atoms with E-state index in [4.69, 9.17) is 27.4 Å². The summed E-state index contributed by atoms with van der Waals surface area (Å²) in [5.41, 5.74) is 18.5. The maximum atomic E-state index is 12.9. The fraction of sp³-hybridized carbons (Fsp3) is 0.455. The maximum absolute atomic E-state index is 12.9. The van der Waals surface area contributed by atoms with Crippen molar-refractivity contribution in [2.24, 2.45) is 29.0 Å². The van der Waals surface area contributed by atoms with E-state index in [1.807, 2.05) is 0 Å². The Hall–Kier alpha value is -2.88. The van der Waals surface area contributed by atoms with Crippen LogP contribution in [0.3, 0.4) is 0 Å². The molecule has 0 heterocycles. The third-order valence-electron chi connectivity index (χ3n) is 5.47. The molecule has 0 amide bonds. The minimum atomic E-state index is -1.16. The molecular formula is C22H29N3O6. The Balaban J connectivity index is 2.06. The smallest absolute Gasteiger partial charge is 0.320 e. The van der Waals surface area contributed by atoms with Gasteiger partial charge in [0.05, 0.1) is 17.9 Å². The molecule has 5 atom stereocenters. The van der Waals surface area contributed by atoms with Crippen molar-refractivity contribution in [2.75, 3.05) is 0 Å². The van der Waals surface area contributed by atoms with Crippen LogP contribution in [-0.2, 0) is 19.2 Å². The van der Waals surface area contributed by atoms with E-state index in [0.29, 0.717) is 24.0 Å². The Morgan fingerprint density at radius 2 is 1.26 bits per heavy atom. The van der Waals surface area contributed by atoms with Crippen LogP contribution >= 0.6 is 0 Å². The second kappa shape index (κ2) is 10.9. The Morgan fingerprint density at radius 1 is 0.806 bits per heavy atom. The number of rotatable bonds is 11. The number of hydrogen-bond donors (Lipinski definition) is 5. The number of allylic oxidation sites excluding steroid dienone is 6. The molecular weight excluding hydrogens is 402 g/mol. The van der Waals surface area contributed by atoms with Crippen LogP contribution in [0, 0.1) is 11.8 Å². The maximum Gasteiger partial charge on any atom is 0.320 e. The number of Topliss-reactive ketones (excluding diaryl/α,β-unsaturated/α-hetero) is 2. The summed E-state index contributed by atoms with van der Waals surface area (Å²) in [6.45, 7) is 0. The van der Waals surface area contributed by atoms with E-state index < -0.39 is 41.9 Å². The van der Waals surface area contributed by atoms with Crippen molar-refractivity contribution in [1.29, 1.82) is 0 Å². The van der Waals surface area contributed by atoms with Crippen molar-refractivity contribution < 1.29 is 29.4 Å². The minimum Gasteiger partial charge on any atom is -0.480 e. The summed E-state index contributed by atoms with van der Waals surface area (Å²) in [5.74, 6) is -4.40. The lowest BCUT2D eigenvalue weighted by Crippen LogP contribution is -2.40. The van der Waals surface area contributed by atoms with Gasteiger partial charge in [0.1, 0.15) is 17.9 Å². The number of carboxylic acid groups (broad SMARTS) is 2. The van der Waals surface area contributed by atoms with Crippen LogP contribution in [0.5, 0.6) is 0 Å². The highest BCUT2D eigenvalue weighted by Gasteiger charge is 2.32. The van der Waals surface area contributed by atoms with Crippen molar-refractivity contribution in [3.8, 4) is 0 Å². The standard InChI is InChI=1S/C22H29N3O6/c23-16(20(27)15-8-4-2-6-13(15)10-18(25)22(30)31)11-19(26)14-7-3-1-5-12(14)9-17(24)21(28)29/h3-8,14-18H,1-2,9-11,23-25H2,(H,28,29)(H,30,31). The predicted molar refractivity (Wildman–Crippen MR) is 114 cm³/mol. The van der Waals surface area contributed by atoms with Gasteiger partial charge in [-0.05, 0) is 25.7 Å². The largest absolute Gasteiger partial charge is 0.480 e. The lowest BCUT2D eigenvalue weighted by molar-refractivity contribution is -0.139. The number of hydrogen-bond acceptors (Lipinski definition) is 7. The molecule has 31 heavy (non-hydrogen) atoms. The first-order chi connectivity index (χ1) is 14.6. The van der Waals surface area contributed by atoms with Crippen molar-refractivity contribution in [3.63, 3.8) is 0 Å². The fourth-order valence-electron chi connectivity index (χ4n) is 3.74. The molecule has 9 heteroatoms. The molecule has 0 aromatic heterocycles. The molecule has 0 bridgehead atoms. The van der Waals surface area contributed by atoms with E-state index >= 15 is 0 Å². The second-order valence-electron chi connectivity index (χ2n) is 7.82. The normalized spacial score (nSPS) is 23.3. The summed E-state index contributed by atoms with van der Waals surface area (Å²) in [6.07, 6.45) is 11.4. The molecule has 0 aliphatic heterocycles. The van der Waals surface area contributed by atoms with Gasteiger partial charge < -0.3 is 27.4 Å². The first kappa shape index (κ1) is 24.4. The van der Waals surface area contributed by atoms with Crippen LogP contribution in [0.25, 0.3) is 0 Å². The number of ketones is 2. The Bertz CT molecular complexity index is 857. The fourth-order valence-corrected chi connectivity index (χ4v) is 3.74. The third-order valence-corrected chi connectivity index (χ3v) is 5.47. The number of nitrogens with two attached hydrogens (primary N) is 3. The molecule has 0 aromatic rings. The summed E-state index contributed by atoms with van der Waals surface area (Å²) < 4.78 is 0. The van der Waals surface area contributed by atoms with Crippen LogP contribution in [0.4, 0.5) is 0 Å². The van der Waals surface area contributed by atoms with Crippen LogP contribution in [-0.4, -0.2) is 51.8 Å². The van der Waals surface area contributed by atoms with E-state index in [0.717, 1.165) is 0 Å². The van der Waals surface area contributed by atoms with E-state index in [-0.39, 0.29) is 30.8 Å². The molecule has 2 aliphatic carbocycles. The predicted octanol–water partition coefficient (Wildman–Crippen LogP) is 0.451. The highest BCUT2D eigenvalue weighted by atomic mass is 16.4. The highest BCUT2D eigenvalue weighted by Crippen LogP contribution is 2.28. The summed E-state index contributed by atoms with van der Waals surface area (Å²) >= 11 is 0. The minimum absolute atomic E-state index is 0.0159. The van der Waals surface area contributed by atoms with Crippen molar-refractivity contribution in [3.05, 3.63) is 47.6 Å². The molecule has 2 aliphatic rings. The topological polar surface area (TPSA) is 187 Å². The number of carbonyl (C=O) groups is 4. The van der Waals surface area contributed by atoms with E-state index in [2.05, 4.69) is 0 Å². The Labute approximate surface area is 180 Å². The van der Waals surface area contributed by atoms with Gasteiger partial charge in [0.15, 0.2) is 5.78 Å². The van der Waals surface area contributed by atoms with E-state index in [1.165, 1.54) is 0 Å². The first-order valence-electron chi connectivity index (χ1n) is 10.1. The van der Waals surface area contributed by atoms with Gasteiger partial charge in [-0.2, -0.15) is 0 Å². The molecule has 9 nitrogen and oxygen atoms in total. The van der Waals surface area contributed by atoms with Gasteiger partial charge in [-0.15, -0.1) is 0 Å². The van der Waals surface area contributed by atoms with Gasteiger partial charge in [-0.3, -0.25) is 19.2 Å².